The number of Topliss-reactive ketones (excluding diaryl/α,β-unsaturated/α-hetero) is 1. The van der Waals surface area contributed by atoms with E-state index in [0.717, 1.165) is 31.2 Å². The lowest BCUT2D eigenvalue weighted by molar-refractivity contribution is 0.0904. The van der Waals surface area contributed by atoms with Gasteiger partial charge in [-0.2, -0.15) is 0 Å². The van der Waals surface area contributed by atoms with Crippen molar-refractivity contribution in [2.24, 2.45) is 5.92 Å². The number of aromatic nitrogens is 1. The molecule has 1 aromatic heterocycles. The molecule has 0 unspecified atom stereocenters. The molecular weight excluding hydrogens is 186 g/mol. The summed E-state index contributed by atoms with van der Waals surface area (Å²) >= 11 is 0. The summed E-state index contributed by atoms with van der Waals surface area (Å²) < 4.78 is 0. The number of nitrogens with zero attached hydrogens (tertiary/aromatic N) is 1. The number of pyridine rings is 1. The zero-order chi connectivity index (χ0) is 11.1. The molecule has 0 aromatic carbocycles. The van der Waals surface area contributed by atoms with Gasteiger partial charge in [0.2, 0.25) is 0 Å². The van der Waals surface area contributed by atoms with Gasteiger partial charge in [0.25, 0.3) is 0 Å². The van der Waals surface area contributed by atoms with Crippen LogP contribution in [0, 0.1) is 5.92 Å². The fourth-order valence-electron chi connectivity index (χ4n) is 1.85. The third-order valence-electron chi connectivity index (χ3n) is 2.59. The molecule has 0 aliphatic carbocycles. The Morgan fingerprint density at radius 3 is 2.47 bits per heavy atom. The first-order valence-electron chi connectivity index (χ1n) is 5.73. The fraction of sp³-hybridized carbons (Fsp3) is 0.538. The van der Waals surface area contributed by atoms with E-state index in [2.05, 4.69) is 18.8 Å². The van der Waals surface area contributed by atoms with Gasteiger partial charge in [-0.1, -0.05) is 26.7 Å². The highest BCUT2D eigenvalue weighted by atomic mass is 16.1. The third kappa shape index (κ3) is 3.46. The second-order valence-electron chi connectivity index (χ2n) is 3.88. The Labute approximate surface area is 91.7 Å². The summed E-state index contributed by atoms with van der Waals surface area (Å²) in [5.74, 6) is 0.441. The first kappa shape index (κ1) is 11.9. The van der Waals surface area contributed by atoms with Gasteiger partial charge in [0.05, 0.1) is 0 Å². The van der Waals surface area contributed by atoms with E-state index in [9.17, 15) is 4.79 Å². The van der Waals surface area contributed by atoms with Crippen LogP contribution < -0.4 is 0 Å². The Morgan fingerprint density at radius 2 is 2.00 bits per heavy atom. The van der Waals surface area contributed by atoms with Gasteiger partial charge >= 0.3 is 0 Å². The van der Waals surface area contributed by atoms with Crippen LogP contribution in [0.25, 0.3) is 0 Å². The Kier molecular flexibility index (Phi) is 5.02. The topological polar surface area (TPSA) is 30.0 Å². The van der Waals surface area contributed by atoms with Crippen LogP contribution in [-0.4, -0.2) is 10.8 Å². The van der Waals surface area contributed by atoms with Crippen LogP contribution in [-0.2, 0) is 0 Å². The maximum Gasteiger partial charge on any atom is 0.167 e. The van der Waals surface area contributed by atoms with Crippen molar-refractivity contribution in [1.29, 1.82) is 0 Å². The van der Waals surface area contributed by atoms with Crippen LogP contribution in [0.4, 0.5) is 0 Å². The minimum atomic E-state index is 0.184. The number of hydrogen-bond donors (Lipinski definition) is 0. The van der Waals surface area contributed by atoms with Crippen LogP contribution in [0.3, 0.4) is 0 Å². The zero-order valence-corrected chi connectivity index (χ0v) is 9.57. The summed E-state index contributed by atoms with van der Waals surface area (Å²) in [5.41, 5.74) is 0.754. The molecule has 0 radical (unpaired) electrons. The monoisotopic (exact) mass is 205 g/mol. The van der Waals surface area contributed by atoms with E-state index in [1.807, 2.05) is 12.1 Å². The van der Waals surface area contributed by atoms with Gasteiger partial charge in [-0.05, 0) is 25.0 Å². The van der Waals surface area contributed by atoms with Crippen molar-refractivity contribution in [3.05, 3.63) is 30.1 Å². The molecule has 2 heteroatoms. The average Bonchev–Trinajstić information content (AvgIpc) is 2.29. The molecule has 82 valence electrons. The predicted octanol–water partition coefficient (Wildman–Crippen LogP) is 3.48. The van der Waals surface area contributed by atoms with E-state index in [1.165, 1.54) is 0 Å². The molecule has 1 rings (SSSR count). The summed E-state index contributed by atoms with van der Waals surface area (Å²) in [6.07, 6.45) is 7.47. The SMILES string of the molecule is CCCC(CCC)C(=O)c1cccnc1. The highest BCUT2D eigenvalue weighted by Gasteiger charge is 2.17. The molecule has 0 aliphatic rings. The third-order valence-corrected chi connectivity index (χ3v) is 2.59. The Morgan fingerprint density at radius 1 is 1.33 bits per heavy atom. The predicted molar refractivity (Wildman–Crippen MR) is 61.9 cm³/mol. The molecule has 1 aromatic rings. The molecule has 0 saturated carbocycles. The van der Waals surface area contributed by atoms with Gasteiger partial charge in [0, 0.05) is 23.9 Å². The van der Waals surface area contributed by atoms with Crippen LogP contribution in [0.15, 0.2) is 24.5 Å². The van der Waals surface area contributed by atoms with Gasteiger partial charge in [-0.15, -0.1) is 0 Å². The van der Waals surface area contributed by atoms with E-state index >= 15 is 0 Å². The van der Waals surface area contributed by atoms with Crippen LogP contribution in [0.1, 0.15) is 49.9 Å². The van der Waals surface area contributed by atoms with Crippen molar-refractivity contribution >= 4 is 5.78 Å². The van der Waals surface area contributed by atoms with E-state index < -0.39 is 0 Å². The molecule has 0 aliphatic heterocycles. The molecule has 0 atom stereocenters. The molecule has 0 amide bonds. The lowest BCUT2D eigenvalue weighted by atomic mass is 9.90. The molecule has 0 saturated heterocycles. The van der Waals surface area contributed by atoms with Crippen molar-refractivity contribution < 1.29 is 4.79 Å². The lowest BCUT2D eigenvalue weighted by Gasteiger charge is -2.13. The number of ketones is 1. The van der Waals surface area contributed by atoms with Crippen LogP contribution in [0.2, 0.25) is 0 Å². The average molecular weight is 205 g/mol. The van der Waals surface area contributed by atoms with Crippen molar-refractivity contribution in [3.8, 4) is 0 Å². The minimum absolute atomic E-state index is 0.184. The summed E-state index contributed by atoms with van der Waals surface area (Å²) in [6, 6.07) is 3.68. The highest BCUT2D eigenvalue weighted by molar-refractivity contribution is 5.97. The van der Waals surface area contributed by atoms with E-state index in [-0.39, 0.29) is 11.7 Å². The lowest BCUT2D eigenvalue weighted by Crippen LogP contribution is -2.14. The molecule has 2 nitrogen and oxygen atoms in total. The maximum atomic E-state index is 12.1. The summed E-state index contributed by atoms with van der Waals surface area (Å²) in [6.45, 7) is 4.25. The smallest absolute Gasteiger partial charge is 0.167 e. The van der Waals surface area contributed by atoms with Crippen molar-refractivity contribution in [1.82, 2.24) is 4.98 Å². The molecular formula is C13H19NO. The highest BCUT2D eigenvalue weighted by Crippen LogP contribution is 2.18. The molecule has 0 N–H and O–H groups in total. The van der Waals surface area contributed by atoms with Crippen LogP contribution >= 0.6 is 0 Å². The van der Waals surface area contributed by atoms with Gasteiger partial charge in [0.15, 0.2) is 5.78 Å². The second kappa shape index (κ2) is 6.33. The first-order chi connectivity index (χ1) is 7.29. The summed E-state index contributed by atoms with van der Waals surface area (Å²) in [7, 11) is 0. The minimum Gasteiger partial charge on any atom is -0.294 e. The van der Waals surface area contributed by atoms with Crippen molar-refractivity contribution in [2.75, 3.05) is 0 Å². The molecule has 0 bridgehead atoms. The van der Waals surface area contributed by atoms with E-state index in [4.69, 9.17) is 0 Å². The number of hydrogen-bond acceptors (Lipinski definition) is 2. The normalized spacial score (nSPS) is 10.6. The van der Waals surface area contributed by atoms with Crippen LogP contribution in [0.5, 0.6) is 0 Å². The molecule has 15 heavy (non-hydrogen) atoms. The largest absolute Gasteiger partial charge is 0.294 e. The molecule has 0 spiro atoms. The van der Waals surface area contributed by atoms with Gasteiger partial charge in [-0.3, -0.25) is 9.78 Å². The summed E-state index contributed by atoms with van der Waals surface area (Å²) in [4.78, 5) is 16.1. The van der Waals surface area contributed by atoms with Gasteiger partial charge in [-0.25, -0.2) is 0 Å². The summed E-state index contributed by atoms with van der Waals surface area (Å²) in [5, 5.41) is 0. The van der Waals surface area contributed by atoms with Gasteiger partial charge in [0.1, 0.15) is 0 Å². The Balaban J connectivity index is 2.71. The Hall–Kier alpha value is -1.18. The Bertz CT molecular complexity index is 289. The number of carbonyl (C=O) groups is 1. The van der Waals surface area contributed by atoms with E-state index in [1.54, 1.807) is 12.4 Å². The standard InChI is InChI=1S/C13H19NO/c1-3-6-11(7-4-2)13(15)12-8-5-9-14-10-12/h5,8-11H,3-4,6-7H2,1-2H3. The fourth-order valence-corrected chi connectivity index (χ4v) is 1.85. The van der Waals surface area contributed by atoms with Gasteiger partial charge < -0.3 is 0 Å². The zero-order valence-electron chi connectivity index (χ0n) is 9.57. The number of rotatable bonds is 6. The quantitative estimate of drug-likeness (QED) is 0.665. The van der Waals surface area contributed by atoms with Crippen molar-refractivity contribution in [3.63, 3.8) is 0 Å². The first-order valence-corrected chi connectivity index (χ1v) is 5.73. The molecule has 0 fully saturated rings. The molecule has 1 heterocycles. The number of carbonyl (C=O) groups excluding carboxylic acids is 1. The maximum absolute atomic E-state index is 12.1. The van der Waals surface area contributed by atoms with Crippen molar-refractivity contribution in [2.45, 2.75) is 39.5 Å². The van der Waals surface area contributed by atoms with E-state index in [0.29, 0.717) is 0 Å². The second-order valence-corrected chi connectivity index (χ2v) is 3.88.